The number of nitrogens with one attached hydrogen (secondary N) is 1. The topological polar surface area (TPSA) is 71.1 Å². The number of rotatable bonds is 8. The van der Waals surface area contributed by atoms with Crippen LogP contribution in [0.4, 0.5) is 4.79 Å². The molecule has 0 radical (unpaired) electrons. The van der Waals surface area contributed by atoms with Gasteiger partial charge in [0.2, 0.25) is 5.91 Å². The Morgan fingerprint density at radius 2 is 1.88 bits per heavy atom. The van der Waals surface area contributed by atoms with Crippen molar-refractivity contribution in [1.82, 2.24) is 15.1 Å². The van der Waals surface area contributed by atoms with E-state index < -0.39 is 11.7 Å². The third-order valence-corrected chi connectivity index (χ3v) is 3.81. The highest BCUT2D eigenvalue weighted by Crippen LogP contribution is 2.11. The first-order valence-corrected chi connectivity index (χ1v) is 8.93. The summed E-state index contributed by atoms with van der Waals surface area (Å²) in [6.45, 7) is 15.6. The molecule has 7 heteroatoms. The first-order valence-electron chi connectivity index (χ1n) is 8.93. The van der Waals surface area contributed by atoms with Crippen LogP contribution in [0.2, 0.25) is 0 Å². The Hall–Kier alpha value is -1.60. The Morgan fingerprint density at radius 3 is 2.44 bits per heavy atom. The second-order valence-corrected chi connectivity index (χ2v) is 7.19. The van der Waals surface area contributed by atoms with Crippen LogP contribution in [0.15, 0.2) is 12.7 Å². The molecular formula is C18H33N3O4. The summed E-state index contributed by atoms with van der Waals surface area (Å²) in [5, 5.41) is 2.89. The fraction of sp³-hybridized carbons (Fsp3) is 0.778. The summed E-state index contributed by atoms with van der Waals surface area (Å²) in [7, 11) is 0. The summed E-state index contributed by atoms with van der Waals surface area (Å²) >= 11 is 0. The van der Waals surface area contributed by atoms with Crippen LogP contribution >= 0.6 is 0 Å². The predicted molar refractivity (Wildman–Crippen MR) is 97.5 cm³/mol. The summed E-state index contributed by atoms with van der Waals surface area (Å²) in [4.78, 5) is 27.9. The van der Waals surface area contributed by atoms with Crippen LogP contribution in [0.1, 0.15) is 34.1 Å². The van der Waals surface area contributed by atoms with Crippen LogP contribution in [-0.4, -0.2) is 79.4 Å². The molecule has 25 heavy (non-hydrogen) atoms. The second-order valence-electron chi connectivity index (χ2n) is 7.19. The molecule has 1 fully saturated rings. The quantitative estimate of drug-likeness (QED) is 0.529. The molecular weight excluding hydrogens is 322 g/mol. The lowest BCUT2D eigenvalue weighted by molar-refractivity contribution is -0.131. The molecule has 1 N–H and O–H groups in total. The fourth-order valence-corrected chi connectivity index (χ4v) is 2.37. The maximum absolute atomic E-state index is 12.0. The van der Waals surface area contributed by atoms with Crippen LogP contribution in [0.3, 0.4) is 0 Å². The zero-order valence-corrected chi connectivity index (χ0v) is 16.0. The molecule has 1 aliphatic heterocycles. The van der Waals surface area contributed by atoms with E-state index in [1.165, 1.54) is 0 Å². The van der Waals surface area contributed by atoms with E-state index in [0.29, 0.717) is 26.2 Å². The van der Waals surface area contributed by atoms with Gasteiger partial charge in [0, 0.05) is 39.3 Å². The van der Waals surface area contributed by atoms with Crippen molar-refractivity contribution in [3.05, 3.63) is 12.7 Å². The van der Waals surface area contributed by atoms with Gasteiger partial charge in [0.1, 0.15) is 11.7 Å². The lowest BCUT2D eigenvalue weighted by atomic mass is 10.2. The van der Waals surface area contributed by atoms with Crippen LogP contribution in [0.5, 0.6) is 0 Å². The molecule has 2 amide bonds. The number of amides is 2. The molecule has 0 aromatic heterocycles. The van der Waals surface area contributed by atoms with E-state index in [1.807, 2.05) is 20.8 Å². The van der Waals surface area contributed by atoms with Gasteiger partial charge in [-0.15, -0.1) is 6.58 Å². The minimum absolute atomic E-state index is 0.101. The van der Waals surface area contributed by atoms with Crippen molar-refractivity contribution in [3.8, 4) is 0 Å². The van der Waals surface area contributed by atoms with Gasteiger partial charge in [-0.3, -0.25) is 9.69 Å². The number of piperazine rings is 1. The summed E-state index contributed by atoms with van der Waals surface area (Å²) < 4.78 is 10.8. The van der Waals surface area contributed by atoms with E-state index in [1.54, 1.807) is 17.9 Å². The molecule has 0 aliphatic carbocycles. The maximum atomic E-state index is 12.0. The normalized spacial score (nSPS) is 17.0. The lowest BCUT2D eigenvalue weighted by Crippen LogP contribution is -2.51. The van der Waals surface area contributed by atoms with Gasteiger partial charge >= 0.3 is 6.09 Å². The van der Waals surface area contributed by atoms with E-state index in [0.717, 1.165) is 26.1 Å². The highest BCUT2D eigenvalue weighted by atomic mass is 16.6. The molecule has 1 rings (SSSR count). The van der Waals surface area contributed by atoms with Gasteiger partial charge in [0.15, 0.2) is 0 Å². The number of carbonyl (C=O) groups is 2. The number of hydrogen-bond acceptors (Lipinski definition) is 5. The van der Waals surface area contributed by atoms with Crippen LogP contribution in [0, 0.1) is 0 Å². The third kappa shape index (κ3) is 8.88. The zero-order valence-electron chi connectivity index (χ0n) is 16.0. The van der Waals surface area contributed by atoms with Gasteiger partial charge < -0.3 is 19.7 Å². The SMILES string of the molecule is C=CCCOC(C)C(=O)NCCN1CCN(C(=O)OC(C)(C)C)CC1. The predicted octanol–water partition coefficient (Wildman–Crippen LogP) is 1.64. The highest BCUT2D eigenvalue weighted by molar-refractivity contribution is 5.80. The maximum Gasteiger partial charge on any atom is 0.410 e. The van der Waals surface area contributed by atoms with Crippen molar-refractivity contribution >= 4 is 12.0 Å². The van der Waals surface area contributed by atoms with Gasteiger partial charge in [-0.25, -0.2) is 4.79 Å². The minimum atomic E-state index is -0.469. The van der Waals surface area contributed by atoms with Gasteiger partial charge in [-0.1, -0.05) is 6.08 Å². The number of ether oxygens (including phenoxy) is 2. The van der Waals surface area contributed by atoms with Crippen molar-refractivity contribution in [2.75, 3.05) is 45.9 Å². The molecule has 1 heterocycles. The first kappa shape index (κ1) is 21.4. The monoisotopic (exact) mass is 355 g/mol. The fourth-order valence-electron chi connectivity index (χ4n) is 2.37. The molecule has 7 nitrogen and oxygen atoms in total. The molecule has 0 aromatic rings. The van der Waals surface area contributed by atoms with Gasteiger partial charge in [-0.2, -0.15) is 0 Å². The minimum Gasteiger partial charge on any atom is -0.444 e. The Labute approximate surface area is 151 Å². The average molecular weight is 355 g/mol. The van der Waals surface area contributed by atoms with Crippen molar-refractivity contribution in [3.63, 3.8) is 0 Å². The summed E-state index contributed by atoms with van der Waals surface area (Å²) in [5.41, 5.74) is -0.469. The van der Waals surface area contributed by atoms with Crippen molar-refractivity contribution in [2.45, 2.75) is 45.8 Å². The molecule has 144 valence electrons. The Bertz CT molecular complexity index is 440. The van der Waals surface area contributed by atoms with Crippen LogP contribution in [0.25, 0.3) is 0 Å². The van der Waals surface area contributed by atoms with Crippen LogP contribution in [-0.2, 0) is 14.3 Å². The number of nitrogens with zero attached hydrogens (tertiary/aromatic N) is 2. The van der Waals surface area contributed by atoms with Crippen molar-refractivity contribution in [1.29, 1.82) is 0 Å². The van der Waals surface area contributed by atoms with Crippen molar-refractivity contribution in [2.24, 2.45) is 0 Å². The lowest BCUT2D eigenvalue weighted by Gasteiger charge is -2.35. The summed E-state index contributed by atoms with van der Waals surface area (Å²) in [6, 6.07) is 0. The Kier molecular flexibility index (Phi) is 8.92. The van der Waals surface area contributed by atoms with E-state index in [2.05, 4.69) is 16.8 Å². The zero-order chi connectivity index (χ0) is 18.9. The number of carbonyl (C=O) groups excluding carboxylic acids is 2. The summed E-state index contributed by atoms with van der Waals surface area (Å²) in [5.74, 6) is -0.101. The molecule has 1 atom stereocenters. The van der Waals surface area contributed by atoms with Crippen LogP contribution < -0.4 is 5.32 Å². The largest absolute Gasteiger partial charge is 0.444 e. The van der Waals surface area contributed by atoms with E-state index in [4.69, 9.17) is 9.47 Å². The van der Waals surface area contributed by atoms with Gasteiger partial charge in [-0.05, 0) is 34.1 Å². The average Bonchev–Trinajstić information content (AvgIpc) is 2.53. The van der Waals surface area contributed by atoms with E-state index in [9.17, 15) is 9.59 Å². The molecule has 1 saturated heterocycles. The van der Waals surface area contributed by atoms with E-state index >= 15 is 0 Å². The van der Waals surface area contributed by atoms with Crippen molar-refractivity contribution < 1.29 is 19.1 Å². The van der Waals surface area contributed by atoms with Gasteiger partial charge in [0.05, 0.1) is 6.61 Å². The highest BCUT2D eigenvalue weighted by Gasteiger charge is 2.25. The molecule has 0 spiro atoms. The Balaban J connectivity index is 2.19. The first-order chi connectivity index (χ1) is 11.7. The molecule has 1 aliphatic rings. The van der Waals surface area contributed by atoms with E-state index in [-0.39, 0.29) is 12.0 Å². The molecule has 0 bridgehead atoms. The molecule has 0 aromatic carbocycles. The van der Waals surface area contributed by atoms with Gasteiger partial charge in [0.25, 0.3) is 0 Å². The smallest absolute Gasteiger partial charge is 0.410 e. The second kappa shape index (κ2) is 10.4. The third-order valence-electron chi connectivity index (χ3n) is 3.81. The Morgan fingerprint density at radius 1 is 1.24 bits per heavy atom. The summed E-state index contributed by atoms with van der Waals surface area (Å²) in [6.07, 6.45) is 1.79. The number of hydrogen-bond donors (Lipinski definition) is 1. The molecule has 1 unspecified atom stereocenters. The molecule has 0 saturated carbocycles. The standard InChI is InChI=1S/C18H33N3O4/c1-6-7-14-24-15(2)16(22)19-8-9-20-10-12-21(13-11-20)17(23)25-18(3,4)5/h6,15H,1,7-14H2,2-5H3,(H,19,22).